The molecule has 3 rings (SSSR count). The van der Waals surface area contributed by atoms with Gasteiger partial charge in [0.2, 0.25) is 0 Å². The molecule has 2 heterocycles. The maximum atomic E-state index is 12.6. The van der Waals surface area contributed by atoms with Crippen LogP contribution in [-0.2, 0) is 0 Å². The number of hydrogen-bond donors (Lipinski definition) is 2. The number of nitrogen functional groups attached to an aromatic ring is 1. The molecule has 0 aliphatic carbocycles. The Hall–Kier alpha value is -1.92. The minimum Gasteiger partial charge on any atom is -0.397 e. The summed E-state index contributed by atoms with van der Waals surface area (Å²) in [6.45, 7) is 5.87. The van der Waals surface area contributed by atoms with Crippen LogP contribution in [-0.4, -0.2) is 10.9 Å². The molecule has 6 heteroatoms. The Morgan fingerprint density at radius 2 is 1.96 bits per heavy atom. The SMILES string of the molecule is Cc1cc(C)c2c(N)c(C(=O)Nc3ccc(Br)cc3C)sc2n1. The van der Waals surface area contributed by atoms with Crippen molar-refractivity contribution in [3.05, 3.63) is 50.4 Å². The molecule has 0 radical (unpaired) electrons. The predicted molar refractivity (Wildman–Crippen MR) is 100 cm³/mol. The van der Waals surface area contributed by atoms with E-state index in [4.69, 9.17) is 5.73 Å². The van der Waals surface area contributed by atoms with Crippen molar-refractivity contribution in [3.8, 4) is 0 Å². The molecule has 0 unspecified atom stereocenters. The first-order valence-corrected chi connectivity index (χ1v) is 8.71. The normalized spacial score (nSPS) is 11.0. The molecular weight excluding hydrogens is 374 g/mol. The first-order valence-electron chi connectivity index (χ1n) is 7.10. The molecule has 1 amide bonds. The first-order chi connectivity index (χ1) is 10.9. The summed E-state index contributed by atoms with van der Waals surface area (Å²) in [7, 11) is 0. The molecule has 0 spiro atoms. The average Bonchev–Trinajstić information content (AvgIpc) is 2.79. The van der Waals surface area contributed by atoms with Gasteiger partial charge < -0.3 is 11.1 Å². The van der Waals surface area contributed by atoms with E-state index in [1.54, 1.807) is 0 Å². The van der Waals surface area contributed by atoms with E-state index >= 15 is 0 Å². The van der Waals surface area contributed by atoms with Gasteiger partial charge in [-0.25, -0.2) is 4.98 Å². The largest absolute Gasteiger partial charge is 0.397 e. The molecule has 0 aliphatic rings. The van der Waals surface area contributed by atoms with Crippen molar-refractivity contribution < 1.29 is 4.79 Å². The van der Waals surface area contributed by atoms with Crippen LogP contribution in [0.4, 0.5) is 11.4 Å². The molecule has 0 aliphatic heterocycles. The lowest BCUT2D eigenvalue weighted by Gasteiger charge is -2.08. The number of nitrogens with one attached hydrogen (secondary N) is 1. The van der Waals surface area contributed by atoms with Crippen molar-refractivity contribution in [2.24, 2.45) is 0 Å². The quantitative estimate of drug-likeness (QED) is 0.659. The van der Waals surface area contributed by atoms with Gasteiger partial charge in [-0.1, -0.05) is 15.9 Å². The highest BCUT2D eigenvalue weighted by molar-refractivity contribution is 9.10. The number of anilines is 2. The van der Waals surface area contributed by atoms with E-state index in [2.05, 4.69) is 26.2 Å². The highest BCUT2D eigenvalue weighted by atomic mass is 79.9. The third-order valence-electron chi connectivity index (χ3n) is 3.67. The van der Waals surface area contributed by atoms with Crippen molar-refractivity contribution >= 4 is 54.8 Å². The average molecular weight is 390 g/mol. The topological polar surface area (TPSA) is 68.0 Å². The molecule has 3 aromatic rings. The highest BCUT2D eigenvalue weighted by Crippen LogP contribution is 2.35. The second-order valence-electron chi connectivity index (χ2n) is 5.52. The zero-order valence-electron chi connectivity index (χ0n) is 13.0. The van der Waals surface area contributed by atoms with E-state index < -0.39 is 0 Å². The molecule has 23 heavy (non-hydrogen) atoms. The van der Waals surface area contributed by atoms with Gasteiger partial charge in [-0.2, -0.15) is 0 Å². The molecule has 0 saturated heterocycles. The van der Waals surface area contributed by atoms with Crippen LogP contribution >= 0.6 is 27.3 Å². The predicted octanol–water partition coefficient (Wildman–Crippen LogP) is 4.82. The van der Waals surface area contributed by atoms with Gasteiger partial charge in [-0.3, -0.25) is 4.79 Å². The number of hydrogen-bond acceptors (Lipinski definition) is 4. The minimum atomic E-state index is -0.201. The fourth-order valence-corrected chi connectivity index (χ4v) is 4.17. The van der Waals surface area contributed by atoms with Crippen LogP contribution in [0.15, 0.2) is 28.7 Å². The van der Waals surface area contributed by atoms with Gasteiger partial charge in [0.1, 0.15) is 9.71 Å². The second kappa shape index (κ2) is 5.94. The summed E-state index contributed by atoms with van der Waals surface area (Å²) in [6.07, 6.45) is 0. The third-order valence-corrected chi connectivity index (χ3v) is 5.26. The van der Waals surface area contributed by atoms with Crippen LogP contribution in [0.25, 0.3) is 10.2 Å². The summed E-state index contributed by atoms with van der Waals surface area (Å²) < 4.78 is 0.977. The van der Waals surface area contributed by atoms with Crippen LogP contribution in [0, 0.1) is 20.8 Å². The lowest BCUT2D eigenvalue weighted by atomic mass is 10.1. The van der Waals surface area contributed by atoms with Crippen molar-refractivity contribution in [2.45, 2.75) is 20.8 Å². The molecule has 4 nitrogen and oxygen atoms in total. The van der Waals surface area contributed by atoms with Crippen LogP contribution < -0.4 is 11.1 Å². The first kappa shape index (κ1) is 16.0. The smallest absolute Gasteiger partial charge is 0.267 e. The van der Waals surface area contributed by atoms with Crippen molar-refractivity contribution in [2.75, 3.05) is 11.1 Å². The molecule has 1 aromatic carbocycles. The van der Waals surface area contributed by atoms with Gasteiger partial charge in [0.25, 0.3) is 5.91 Å². The van der Waals surface area contributed by atoms with E-state index in [1.807, 2.05) is 45.0 Å². The van der Waals surface area contributed by atoms with Gasteiger partial charge in [-0.05, 0) is 56.2 Å². The van der Waals surface area contributed by atoms with Gasteiger partial charge in [0.15, 0.2) is 0 Å². The monoisotopic (exact) mass is 389 g/mol. The van der Waals surface area contributed by atoms with E-state index in [1.165, 1.54) is 11.3 Å². The molecule has 2 aromatic heterocycles. The summed E-state index contributed by atoms with van der Waals surface area (Å²) in [4.78, 5) is 18.4. The fraction of sp³-hybridized carbons (Fsp3) is 0.176. The van der Waals surface area contributed by atoms with Crippen molar-refractivity contribution in [3.63, 3.8) is 0 Å². The summed E-state index contributed by atoms with van der Waals surface area (Å²) in [5.41, 5.74) is 10.4. The lowest BCUT2D eigenvalue weighted by Crippen LogP contribution is -2.12. The molecular formula is C17H16BrN3OS. The molecule has 0 saturated carbocycles. The zero-order chi connectivity index (χ0) is 16.7. The van der Waals surface area contributed by atoms with Crippen molar-refractivity contribution in [1.29, 1.82) is 0 Å². The Balaban J connectivity index is 2.01. The summed E-state index contributed by atoms with van der Waals surface area (Å²) >= 11 is 4.75. The number of pyridine rings is 1. The maximum absolute atomic E-state index is 12.6. The molecule has 118 valence electrons. The number of benzene rings is 1. The molecule has 0 bridgehead atoms. The summed E-state index contributed by atoms with van der Waals surface area (Å²) in [5.74, 6) is -0.201. The lowest BCUT2D eigenvalue weighted by molar-refractivity contribution is 0.103. The molecule has 0 atom stereocenters. The minimum absolute atomic E-state index is 0.201. The third kappa shape index (κ3) is 2.96. The Kier molecular flexibility index (Phi) is 4.12. The standard InChI is InChI=1S/C17H16BrN3OS/c1-8-7-11(18)4-5-12(8)21-16(22)15-14(19)13-9(2)6-10(3)20-17(13)23-15/h4-7H,19H2,1-3H3,(H,21,22). The van der Waals surface area contributed by atoms with Gasteiger partial charge in [0.05, 0.1) is 5.69 Å². The number of nitrogens with zero attached hydrogens (tertiary/aromatic N) is 1. The number of fused-ring (bicyclic) bond motifs is 1. The molecule has 0 fully saturated rings. The van der Waals surface area contributed by atoms with E-state index in [0.717, 1.165) is 37.2 Å². The van der Waals surface area contributed by atoms with Gasteiger partial charge in [0, 0.05) is 21.2 Å². The number of thiophene rings is 1. The van der Waals surface area contributed by atoms with Crippen LogP contribution in [0.2, 0.25) is 0 Å². The van der Waals surface area contributed by atoms with Crippen LogP contribution in [0.3, 0.4) is 0 Å². The maximum Gasteiger partial charge on any atom is 0.267 e. The second-order valence-corrected chi connectivity index (χ2v) is 7.43. The Labute approximate surface area is 146 Å². The van der Waals surface area contributed by atoms with Gasteiger partial charge in [-0.15, -0.1) is 11.3 Å². The number of halogens is 1. The number of aryl methyl sites for hydroxylation is 3. The Morgan fingerprint density at radius 1 is 1.22 bits per heavy atom. The van der Waals surface area contributed by atoms with Crippen LogP contribution in [0.1, 0.15) is 26.5 Å². The number of carbonyl (C=O) groups is 1. The van der Waals surface area contributed by atoms with Crippen LogP contribution in [0.5, 0.6) is 0 Å². The molecule has 3 N–H and O–H groups in total. The van der Waals surface area contributed by atoms with Gasteiger partial charge >= 0.3 is 0 Å². The number of nitrogens with two attached hydrogens (primary N) is 1. The Morgan fingerprint density at radius 3 is 2.65 bits per heavy atom. The fourth-order valence-electron chi connectivity index (χ4n) is 2.58. The Bertz CT molecular complexity index is 933. The summed E-state index contributed by atoms with van der Waals surface area (Å²) in [6, 6.07) is 7.70. The van der Waals surface area contributed by atoms with E-state index in [9.17, 15) is 4.79 Å². The number of aromatic nitrogens is 1. The number of rotatable bonds is 2. The van der Waals surface area contributed by atoms with E-state index in [0.29, 0.717) is 10.6 Å². The number of carbonyl (C=O) groups excluding carboxylic acids is 1. The van der Waals surface area contributed by atoms with Crippen molar-refractivity contribution in [1.82, 2.24) is 4.98 Å². The van der Waals surface area contributed by atoms with E-state index in [-0.39, 0.29) is 5.91 Å². The number of amides is 1. The highest BCUT2D eigenvalue weighted by Gasteiger charge is 2.19. The zero-order valence-corrected chi connectivity index (χ0v) is 15.4. The summed E-state index contributed by atoms with van der Waals surface area (Å²) in [5, 5.41) is 3.81.